The third-order valence-electron chi connectivity index (χ3n) is 4.91. The summed E-state index contributed by atoms with van der Waals surface area (Å²) in [5, 5.41) is 12.2. The Morgan fingerprint density at radius 2 is 2.12 bits per heavy atom. The fourth-order valence-electron chi connectivity index (χ4n) is 2.91. The summed E-state index contributed by atoms with van der Waals surface area (Å²) < 4.78 is 0. The molecule has 0 aromatic carbocycles. The summed E-state index contributed by atoms with van der Waals surface area (Å²) in [6.45, 7) is 5.59. The average Bonchev–Trinajstić information content (AvgIpc) is 2.82. The molecule has 1 amide bonds. The number of fused-ring (bicyclic) bond motifs is 1. The second-order valence-electron chi connectivity index (χ2n) is 6.66. The maximum atomic E-state index is 12.3. The molecule has 2 heterocycles. The number of aromatic amines is 1. The predicted octanol–water partition coefficient (Wildman–Crippen LogP) is 2.35. The van der Waals surface area contributed by atoms with Crippen LogP contribution in [0.1, 0.15) is 42.5 Å². The quantitative estimate of drug-likeness (QED) is 0.692. The first-order chi connectivity index (χ1) is 12.2. The molecule has 0 aliphatic heterocycles. The topological polar surface area (TPSA) is 112 Å². The molecule has 2 aromatic rings. The maximum Gasteiger partial charge on any atom is 0.329 e. The fraction of sp³-hybridized carbons (Fsp3) is 0.529. The molecular weight excluding hydrogens is 374 g/mol. The van der Waals surface area contributed by atoms with E-state index in [1.807, 2.05) is 13.8 Å². The van der Waals surface area contributed by atoms with E-state index in [1.54, 1.807) is 6.92 Å². The zero-order chi connectivity index (χ0) is 19.1. The van der Waals surface area contributed by atoms with Crippen molar-refractivity contribution in [1.29, 1.82) is 0 Å². The molecule has 140 valence electrons. The van der Waals surface area contributed by atoms with Crippen LogP contribution in [0.3, 0.4) is 0 Å². The lowest BCUT2D eigenvalue weighted by molar-refractivity contribution is -0.151. The van der Waals surface area contributed by atoms with Gasteiger partial charge in [0.15, 0.2) is 0 Å². The number of aryl methyl sites for hydroxylation is 2. The van der Waals surface area contributed by atoms with Gasteiger partial charge in [0.1, 0.15) is 16.2 Å². The number of carbonyl (C=O) groups excluding carboxylic acids is 1. The second kappa shape index (κ2) is 7.03. The number of hydrogen-bond donors (Lipinski definition) is 3. The molecule has 9 heteroatoms. The summed E-state index contributed by atoms with van der Waals surface area (Å²) in [5.74, 6) is -0.391. The van der Waals surface area contributed by atoms with Crippen LogP contribution >= 0.6 is 23.1 Å². The number of thioether (sulfide) groups is 1. The predicted molar refractivity (Wildman–Crippen MR) is 103 cm³/mol. The standard InChI is InChI=1S/C17H21N3O4S2/c1-8-9(2)26-15-12(8)14(22)18-11(19-15)7-25-10(3)13(21)20-17(16(23)24)5-4-6-17/h10H,4-7H2,1-3H3,(H,20,21)(H,23,24)(H,18,19,22). The highest BCUT2D eigenvalue weighted by atomic mass is 32.2. The van der Waals surface area contributed by atoms with Crippen LogP contribution in [0, 0.1) is 13.8 Å². The molecule has 0 radical (unpaired) electrons. The minimum Gasteiger partial charge on any atom is -0.480 e. The highest BCUT2D eigenvalue weighted by molar-refractivity contribution is 7.99. The number of carboxylic acids is 1. The van der Waals surface area contributed by atoms with E-state index in [0.717, 1.165) is 16.9 Å². The van der Waals surface area contributed by atoms with Crippen LogP contribution in [-0.2, 0) is 15.3 Å². The summed E-state index contributed by atoms with van der Waals surface area (Å²) in [6, 6.07) is 0. The van der Waals surface area contributed by atoms with Gasteiger partial charge in [-0.05, 0) is 45.6 Å². The number of carbonyl (C=O) groups is 2. The Bertz CT molecular complexity index is 930. The van der Waals surface area contributed by atoms with Gasteiger partial charge in [-0.2, -0.15) is 0 Å². The van der Waals surface area contributed by atoms with E-state index >= 15 is 0 Å². The van der Waals surface area contributed by atoms with Crippen molar-refractivity contribution < 1.29 is 14.7 Å². The average molecular weight is 396 g/mol. The number of rotatable bonds is 6. The van der Waals surface area contributed by atoms with Gasteiger partial charge in [-0.15, -0.1) is 23.1 Å². The van der Waals surface area contributed by atoms with Crippen molar-refractivity contribution >= 4 is 45.2 Å². The van der Waals surface area contributed by atoms with Crippen LogP contribution in [0.25, 0.3) is 10.2 Å². The smallest absolute Gasteiger partial charge is 0.329 e. The Hall–Kier alpha value is -1.87. The van der Waals surface area contributed by atoms with Gasteiger partial charge in [0.05, 0.1) is 16.4 Å². The first-order valence-electron chi connectivity index (χ1n) is 8.39. The number of thiophene rings is 1. The minimum atomic E-state index is -1.11. The van der Waals surface area contributed by atoms with Crippen LogP contribution in [0.2, 0.25) is 0 Å². The van der Waals surface area contributed by atoms with Crippen molar-refractivity contribution in [2.45, 2.75) is 56.6 Å². The third kappa shape index (κ3) is 3.37. The van der Waals surface area contributed by atoms with Gasteiger partial charge < -0.3 is 15.4 Å². The monoisotopic (exact) mass is 395 g/mol. The molecular formula is C17H21N3O4S2. The maximum absolute atomic E-state index is 12.3. The summed E-state index contributed by atoms with van der Waals surface area (Å²) in [7, 11) is 0. The summed E-state index contributed by atoms with van der Waals surface area (Å²) in [4.78, 5) is 45.0. The number of aromatic nitrogens is 2. The fourth-order valence-corrected chi connectivity index (χ4v) is 4.71. The molecule has 0 spiro atoms. The van der Waals surface area contributed by atoms with Gasteiger partial charge in [-0.25, -0.2) is 9.78 Å². The molecule has 7 nitrogen and oxygen atoms in total. The Kier molecular flexibility index (Phi) is 5.12. The van der Waals surface area contributed by atoms with Crippen LogP contribution in [0.4, 0.5) is 0 Å². The molecule has 1 atom stereocenters. The van der Waals surface area contributed by atoms with Gasteiger partial charge in [0, 0.05) is 4.88 Å². The Balaban J connectivity index is 1.67. The molecule has 0 saturated heterocycles. The number of H-pyrrole nitrogens is 1. The van der Waals surface area contributed by atoms with E-state index in [1.165, 1.54) is 23.1 Å². The number of carboxylic acid groups (broad SMARTS) is 1. The van der Waals surface area contributed by atoms with Gasteiger partial charge in [0.2, 0.25) is 5.91 Å². The third-order valence-corrected chi connectivity index (χ3v) is 7.16. The number of nitrogens with one attached hydrogen (secondary N) is 2. The summed E-state index contributed by atoms with van der Waals surface area (Å²) in [5.41, 5.74) is -0.322. The zero-order valence-corrected chi connectivity index (χ0v) is 16.5. The van der Waals surface area contributed by atoms with Crippen molar-refractivity contribution in [3.05, 3.63) is 26.6 Å². The SMILES string of the molecule is Cc1sc2nc(CSC(C)C(=O)NC3(C(=O)O)CCC3)[nH]c(=O)c2c1C. The van der Waals surface area contributed by atoms with Crippen LogP contribution in [-0.4, -0.2) is 37.7 Å². The number of nitrogens with zero attached hydrogens (tertiary/aromatic N) is 1. The Morgan fingerprint density at radius 1 is 1.42 bits per heavy atom. The number of amides is 1. The summed E-state index contributed by atoms with van der Waals surface area (Å²) >= 11 is 2.80. The number of hydrogen-bond acceptors (Lipinski definition) is 6. The first-order valence-corrected chi connectivity index (χ1v) is 10.3. The lowest BCUT2D eigenvalue weighted by Crippen LogP contribution is -2.60. The number of aliphatic carboxylic acids is 1. The molecule has 0 bridgehead atoms. The normalized spacial score (nSPS) is 16.9. The van der Waals surface area contributed by atoms with E-state index in [2.05, 4.69) is 15.3 Å². The Morgan fingerprint density at radius 3 is 2.69 bits per heavy atom. The second-order valence-corrected chi connectivity index (χ2v) is 9.19. The van der Waals surface area contributed by atoms with Gasteiger partial charge in [-0.3, -0.25) is 9.59 Å². The highest BCUT2D eigenvalue weighted by Crippen LogP contribution is 2.33. The molecule has 1 aliphatic rings. The molecule has 1 fully saturated rings. The van der Waals surface area contributed by atoms with Crippen LogP contribution < -0.4 is 10.9 Å². The molecule has 3 N–H and O–H groups in total. The molecule has 3 rings (SSSR count). The van der Waals surface area contributed by atoms with Crippen molar-refractivity contribution in [1.82, 2.24) is 15.3 Å². The van der Waals surface area contributed by atoms with Crippen molar-refractivity contribution in [3.63, 3.8) is 0 Å². The van der Waals surface area contributed by atoms with Crippen LogP contribution in [0.15, 0.2) is 4.79 Å². The van der Waals surface area contributed by atoms with Gasteiger partial charge in [-0.1, -0.05) is 0 Å². The zero-order valence-electron chi connectivity index (χ0n) is 14.8. The van der Waals surface area contributed by atoms with Gasteiger partial charge >= 0.3 is 5.97 Å². The van der Waals surface area contributed by atoms with E-state index in [9.17, 15) is 19.5 Å². The summed E-state index contributed by atoms with van der Waals surface area (Å²) in [6.07, 6.45) is 1.74. The lowest BCUT2D eigenvalue weighted by atomic mass is 9.76. The molecule has 26 heavy (non-hydrogen) atoms. The van der Waals surface area contributed by atoms with E-state index in [-0.39, 0.29) is 11.5 Å². The Labute approximate surface area is 158 Å². The van der Waals surface area contributed by atoms with Gasteiger partial charge in [0.25, 0.3) is 5.56 Å². The largest absolute Gasteiger partial charge is 0.480 e. The van der Waals surface area contributed by atoms with Crippen LogP contribution in [0.5, 0.6) is 0 Å². The van der Waals surface area contributed by atoms with Crippen molar-refractivity contribution in [3.8, 4) is 0 Å². The molecule has 2 aromatic heterocycles. The minimum absolute atomic E-state index is 0.163. The van der Waals surface area contributed by atoms with E-state index in [4.69, 9.17) is 0 Å². The highest BCUT2D eigenvalue weighted by Gasteiger charge is 2.46. The lowest BCUT2D eigenvalue weighted by Gasteiger charge is -2.38. The van der Waals surface area contributed by atoms with E-state index in [0.29, 0.717) is 34.6 Å². The first kappa shape index (κ1) is 18.9. The molecule has 1 unspecified atom stereocenters. The molecule has 1 aliphatic carbocycles. The molecule has 1 saturated carbocycles. The van der Waals surface area contributed by atoms with Crippen molar-refractivity contribution in [2.24, 2.45) is 0 Å². The van der Waals surface area contributed by atoms with Crippen molar-refractivity contribution in [2.75, 3.05) is 0 Å². The van der Waals surface area contributed by atoms with E-state index < -0.39 is 16.8 Å².